The van der Waals surface area contributed by atoms with Crippen LogP contribution in [0.3, 0.4) is 0 Å². The van der Waals surface area contributed by atoms with Crippen LogP contribution in [0.15, 0.2) is 41.2 Å². The first-order chi connectivity index (χ1) is 13.0. The zero-order valence-electron chi connectivity index (χ0n) is 15.7. The van der Waals surface area contributed by atoms with Crippen molar-refractivity contribution in [1.82, 2.24) is 4.57 Å². The Morgan fingerprint density at radius 2 is 1.96 bits per heavy atom. The van der Waals surface area contributed by atoms with E-state index < -0.39 is 0 Å². The van der Waals surface area contributed by atoms with E-state index in [1.807, 2.05) is 43.3 Å². The summed E-state index contributed by atoms with van der Waals surface area (Å²) < 4.78 is 7.19. The van der Waals surface area contributed by atoms with Crippen molar-refractivity contribution in [3.05, 3.63) is 63.4 Å². The number of nitrogens with zero attached hydrogens (tertiary/aromatic N) is 3. The molecule has 0 aliphatic carbocycles. The molecule has 0 radical (unpaired) electrons. The van der Waals surface area contributed by atoms with Crippen molar-refractivity contribution in [2.24, 2.45) is 7.05 Å². The van der Waals surface area contributed by atoms with Crippen LogP contribution in [0.25, 0.3) is 10.9 Å². The van der Waals surface area contributed by atoms with Crippen LogP contribution < -0.4 is 15.2 Å². The Morgan fingerprint density at radius 1 is 1.15 bits per heavy atom. The lowest BCUT2D eigenvalue weighted by atomic mass is 9.98. The van der Waals surface area contributed by atoms with Gasteiger partial charge in [-0.3, -0.25) is 4.79 Å². The van der Waals surface area contributed by atoms with E-state index in [-0.39, 0.29) is 5.56 Å². The van der Waals surface area contributed by atoms with Gasteiger partial charge in [-0.25, -0.2) is 0 Å². The highest BCUT2D eigenvalue weighted by atomic mass is 16.5. The molecule has 0 amide bonds. The molecule has 0 unspecified atom stereocenters. The first-order valence-corrected chi connectivity index (χ1v) is 9.02. The van der Waals surface area contributed by atoms with Gasteiger partial charge in [0.2, 0.25) is 0 Å². The van der Waals surface area contributed by atoms with E-state index >= 15 is 0 Å². The molecule has 0 saturated heterocycles. The molecular formula is C22H21N3O2. The van der Waals surface area contributed by atoms with E-state index in [1.165, 1.54) is 5.56 Å². The zero-order valence-corrected chi connectivity index (χ0v) is 15.7. The maximum Gasteiger partial charge on any atom is 0.253 e. The largest absolute Gasteiger partial charge is 0.497 e. The predicted octanol–water partition coefficient (Wildman–Crippen LogP) is 3.81. The van der Waals surface area contributed by atoms with Crippen LogP contribution in [0.2, 0.25) is 0 Å². The summed E-state index contributed by atoms with van der Waals surface area (Å²) in [6, 6.07) is 14.0. The minimum atomic E-state index is -0.00693. The van der Waals surface area contributed by atoms with Crippen molar-refractivity contribution < 1.29 is 4.74 Å². The molecule has 0 saturated carbocycles. The fourth-order valence-corrected chi connectivity index (χ4v) is 3.91. The first kappa shape index (κ1) is 17.2. The van der Waals surface area contributed by atoms with Gasteiger partial charge in [-0.2, -0.15) is 5.26 Å². The van der Waals surface area contributed by atoms with Gasteiger partial charge >= 0.3 is 0 Å². The smallest absolute Gasteiger partial charge is 0.253 e. The van der Waals surface area contributed by atoms with Crippen LogP contribution >= 0.6 is 0 Å². The van der Waals surface area contributed by atoms with Crippen LogP contribution in [-0.4, -0.2) is 18.2 Å². The summed E-state index contributed by atoms with van der Waals surface area (Å²) in [6.07, 6.45) is 2.03. The van der Waals surface area contributed by atoms with Crippen LogP contribution in [0.5, 0.6) is 5.75 Å². The highest BCUT2D eigenvalue weighted by molar-refractivity contribution is 5.96. The fraction of sp³-hybridized carbons (Fsp3) is 0.273. The fourth-order valence-electron chi connectivity index (χ4n) is 3.91. The number of benzene rings is 2. The Labute approximate surface area is 158 Å². The molecule has 0 spiro atoms. The minimum Gasteiger partial charge on any atom is -0.497 e. The minimum absolute atomic E-state index is 0.00693. The summed E-state index contributed by atoms with van der Waals surface area (Å²) in [7, 11) is 3.42. The maximum absolute atomic E-state index is 12.4. The molecule has 2 aromatic carbocycles. The van der Waals surface area contributed by atoms with Gasteiger partial charge in [0.1, 0.15) is 5.75 Å². The van der Waals surface area contributed by atoms with Crippen molar-refractivity contribution in [3.8, 4) is 11.8 Å². The van der Waals surface area contributed by atoms with Crippen molar-refractivity contribution in [2.75, 3.05) is 18.6 Å². The topological polar surface area (TPSA) is 58.3 Å². The van der Waals surface area contributed by atoms with Gasteiger partial charge in [0.15, 0.2) is 0 Å². The third kappa shape index (κ3) is 2.74. The van der Waals surface area contributed by atoms with Gasteiger partial charge in [0.05, 0.1) is 29.9 Å². The summed E-state index contributed by atoms with van der Waals surface area (Å²) in [5.74, 6) is 0.708. The van der Waals surface area contributed by atoms with Crippen LogP contribution in [0.4, 0.5) is 11.4 Å². The summed E-state index contributed by atoms with van der Waals surface area (Å²) in [6.45, 7) is 2.69. The molecule has 0 fully saturated rings. The Balaban J connectivity index is 2.03. The SMILES string of the molecule is COc1cc(N2CCCc3ccc(C#N)cc32)c2cc(C)c(=O)n(C)c2c1. The summed E-state index contributed by atoms with van der Waals surface area (Å²) in [5.41, 5.74) is 5.48. The van der Waals surface area contributed by atoms with E-state index in [9.17, 15) is 10.1 Å². The highest BCUT2D eigenvalue weighted by Gasteiger charge is 2.22. The molecule has 1 aliphatic heterocycles. The second-order valence-corrected chi connectivity index (χ2v) is 6.98. The standard InChI is InChI=1S/C22H21N3O2/c1-14-9-18-20(24(2)22(14)26)11-17(27-3)12-21(18)25-8-4-5-16-7-6-15(13-23)10-19(16)25/h6-7,9-12H,4-5,8H2,1-3H3. The van der Waals surface area contributed by atoms with E-state index in [4.69, 9.17) is 4.74 Å². The second kappa shape index (κ2) is 6.48. The molecule has 0 N–H and O–H groups in total. The first-order valence-electron chi connectivity index (χ1n) is 9.02. The number of hydrogen-bond acceptors (Lipinski definition) is 4. The average Bonchev–Trinajstić information content (AvgIpc) is 2.70. The summed E-state index contributed by atoms with van der Waals surface area (Å²) >= 11 is 0. The second-order valence-electron chi connectivity index (χ2n) is 6.98. The lowest BCUT2D eigenvalue weighted by Gasteiger charge is -2.33. The molecule has 0 bridgehead atoms. The summed E-state index contributed by atoms with van der Waals surface area (Å²) in [5, 5.41) is 10.3. The number of anilines is 2. The molecule has 4 rings (SSSR count). The van der Waals surface area contributed by atoms with E-state index in [2.05, 4.69) is 11.0 Å². The van der Waals surface area contributed by atoms with Crippen molar-refractivity contribution in [3.63, 3.8) is 0 Å². The number of aryl methyl sites for hydroxylation is 3. The van der Waals surface area contributed by atoms with Crippen LogP contribution in [0.1, 0.15) is 23.1 Å². The van der Waals surface area contributed by atoms with Gasteiger partial charge in [0.25, 0.3) is 5.56 Å². The number of hydrogen-bond donors (Lipinski definition) is 0. The van der Waals surface area contributed by atoms with Crippen LogP contribution in [-0.2, 0) is 13.5 Å². The van der Waals surface area contributed by atoms with Crippen molar-refractivity contribution in [2.45, 2.75) is 19.8 Å². The Kier molecular flexibility index (Phi) is 4.12. The molecule has 5 heteroatoms. The van der Waals surface area contributed by atoms with Gasteiger partial charge in [-0.05, 0) is 43.5 Å². The average molecular weight is 359 g/mol. The van der Waals surface area contributed by atoms with Crippen molar-refractivity contribution >= 4 is 22.3 Å². The molecule has 5 nitrogen and oxygen atoms in total. The third-order valence-corrected chi connectivity index (χ3v) is 5.33. The lowest BCUT2D eigenvalue weighted by Crippen LogP contribution is -2.26. The van der Waals surface area contributed by atoms with Gasteiger partial charge in [0, 0.05) is 42.4 Å². The number of fused-ring (bicyclic) bond motifs is 2. The van der Waals surface area contributed by atoms with Crippen molar-refractivity contribution in [1.29, 1.82) is 5.26 Å². The molecule has 1 aliphatic rings. The van der Waals surface area contributed by atoms with Gasteiger partial charge in [-0.1, -0.05) is 6.07 Å². The molecule has 136 valence electrons. The lowest BCUT2D eigenvalue weighted by molar-refractivity contribution is 0.415. The van der Waals surface area contributed by atoms with Crippen LogP contribution in [0, 0.1) is 18.3 Å². The predicted molar refractivity (Wildman–Crippen MR) is 107 cm³/mol. The van der Waals surface area contributed by atoms with Gasteiger partial charge in [-0.15, -0.1) is 0 Å². The molecule has 3 aromatic rings. The Morgan fingerprint density at radius 3 is 2.70 bits per heavy atom. The Bertz CT molecular complexity index is 1150. The summed E-state index contributed by atoms with van der Waals surface area (Å²) in [4.78, 5) is 14.7. The number of pyridine rings is 1. The third-order valence-electron chi connectivity index (χ3n) is 5.33. The molecule has 27 heavy (non-hydrogen) atoms. The molecule has 2 heterocycles. The number of rotatable bonds is 2. The normalized spacial score (nSPS) is 13.3. The number of methoxy groups -OCH3 is 1. The molecular weight excluding hydrogens is 338 g/mol. The molecule has 1 aromatic heterocycles. The van der Waals surface area contributed by atoms with Gasteiger partial charge < -0.3 is 14.2 Å². The maximum atomic E-state index is 12.4. The highest BCUT2D eigenvalue weighted by Crippen LogP contribution is 2.39. The van der Waals surface area contributed by atoms with E-state index in [0.29, 0.717) is 16.9 Å². The number of ether oxygens (including phenoxy) is 1. The zero-order chi connectivity index (χ0) is 19.1. The quantitative estimate of drug-likeness (QED) is 0.698. The number of aromatic nitrogens is 1. The number of nitriles is 1. The Hall–Kier alpha value is -3.26. The molecule has 0 atom stereocenters. The van der Waals surface area contributed by atoms with E-state index in [0.717, 1.165) is 41.7 Å². The van der Waals surface area contributed by atoms with E-state index in [1.54, 1.807) is 18.7 Å². The monoisotopic (exact) mass is 359 g/mol.